The van der Waals surface area contributed by atoms with Gasteiger partial charge in [-0.3, -0.25) is 4.79 Å². The van der Waals surface area contributed by atoms with Gasteiger partial charge in [-0.05, 0) is 6.92 Å². The molecule has 0 saturated heterocycles. The van der Waals surface area contributed by atoms with E-state index < -0.39 is 0 Å². The highest BCUT2D eigenvalue weighted by Crippen LogP contribution is 1.96. The molecule has 0 aromatic carbocycles. The predicted octanol–water partition coefficient (Wildman–Crippen LogP) is 0.888. The number of rotatable bonds is 3. The molecule has 6 heteroatoms. The van der Waals surface area contributed by atoms with Gasteiger partial charge in [0.05, 0.1) is 6.54 Å². The van der Waals surface area contributed by atoms with E-state index >= 15 is 0 Å². The molecule has 0 spiro atoms. The molecule has 0 bridgehead atoms. The van der Waals surface area contributed by atoms with Gasteiger partial charge >= 0.3 is 0 Å². The smallest absolute Gasteiger partial charge is 0.211 e. The van der Waals surface area contributed by atoms with E-state index in [1.54, 1.807) is 17.0 Å². The van der Waals surface area contributed by atoms with Crippen LogP contribution in [-0.4, -0.2) is 21.9 Å². The fourth-order valence-corrected chi connectivity index (χ4v) is 0.908. The van der Waals surface area contributed by atoms with Gasteiger partial charge in [-0.1, -0.05) is 0 Å². The average molecular weight is 226 g/mol. The number of hydrogen-bond donors (Lipinski definition) is 1. The number of carbonyl (C=O) groups is 1. The van der Waals surface area contributed by atoms with Crippen LogP contribution in [0, 0.1) is 0 Å². The monoisotopic (exact) mass is 225 g/mol. The van der Waals surface area contributed by atoms with E-state index in [0.717, 1.165) is 6.54 Å². The Labute approximate surface area is 89.3 Å². The summed E-state index contributed by atoms with van der Waals surface area (Å²) < 4.78 is 1.77. The average Bonchev–Trinajstić information content (AvgIpc) is 2.50. The summed E-state index contributed by atoms with van der Waals surface area (Å²) in [4.78, 5) is 14.9. The van der Waals surface area contributed by atoms with Crippen molar-refractivity contribution in [3.8, 4) is 0 Å². The minimum atomic E-state index is -0.114. The molecular formula is C7H13Cl2N3O. The first-order chi connectivity index (χ1) is 5.29. The molecule has 4 nitrogen and oxygen atoms in total. The highest BCUT2D eigenvalue weighted by molar-refractivity contribution is 5.94. The van der Waals surface area contributed by atoms with Gasteiger partial charge in [0.15, 0.2) is 5.82 Å². The van der Waals surface area contributed by atoms with Crippen LogP contribution >= 0.6 is 24.8 Å². The summed E-state index contributed by atoms with van der Waals surface area (Å²) in [6.07, 6.45) is 3.37. The number of carbonyl (C=O) groups excluding carboxylic acids is 1. The van der Waals surface area contributed by atoms with E-state index in [-0.39, 0.29) is 37.1 Å². The molecule has 0 fully saturated rings. The van der Waals surface area contributed by atoms with Crippen molar-refractivity contribution in [3.05, 3.63) is 18.2 Å². The molecule has 0 aliphatic rings. The maximum absolute atomic E-state index is 11.0. The van der Waals surface area contributed by atoms with E-state index in [9.17, 15) is 4.79 Å². The van der Waals surface area contributed by atoms with Crippen molar-refractivity contribution < 1.29 is 4.79 Å². The summed E-state index contributed by atoms with van der Waals surface area (Å²) in [5, 5.41) is 0. The topological polar surface area (TPSA) is 60.9 Å². The van der Waals surface area contributed by atoms with Gasteiger partial charge in [0.1, 0.15) is 0 Å². The standard InChI is InChI=1S/C7H11N3O.2ClH/c1-2-10-4-3-9-7(10)6(11)5-8;;/h3-4H,2,5,8H2,1H3;2*1H. The lowest BCUT2D eigenvalue weighted by atomic mass is 10.4. The Bertz CT molecular complexity index is 262. The number of imidazole rings is 1. The maximum Gasteiger partial charge on any atom is 0.211 e. The van der Waals surface area contributed by atoms with E-state index in [4.69, 9.17) is 5.73 Å². The van der Waals surface area contributed by atoms with Crippen molar-refractivity contribution in [2.75, 3.05) is 6.54 Å². The Kier molecular flexibility index (Phi) is 7.90. The lowest BCUT2D eigenvalue weighted by Gasteiger charge is -2.00. The first kappa shape index (κ1) is 14.9. The number of Topliss-reactive ketones (excluding diaryl/α,β-unsaturated/α-hetero) is 1. The third-order valence-electron chi connectivity index (χ3n) is 1.49. The second-order valence-electron chi connectivity index (χ2n) is 2.16. The van der Waals surface area contributed by atoms with Gasteiger partial charge < -0.3 is 10.3 Å². The first-order valence-electron chi connectivity index (χ1n) is 3.54. The fraction of sp³-hybridized carbons (Fsp3) is 0.429. The third-order valence-corrected chi connectivity index (χ3v) is 1.49. The molecule has 1 aromatic rings. The van der Waals surface area contributed by atoms with Gasteiger partial charge in [-0.2, -0.15) is 0 Å². The van der Waals surface area contributed by atoms with Gasteiger partial charge in [-0.15, -0.1) is 24.8 Å². The highest BCUT2D eigenvalue weighted by atomic mass is 35.5. The Hall–Kier alpha value is -0.580. The van der Waals surface area contributed by atoms with Crippen LogP contribution in [0.2, 0.25) is 0 Å². The van der Waals surface area contributed by atoms with E-state index in [2.05, 4.69) is 4.98 Å². The van der Waals surface area contributed by atoms with E-state index in [1.165, 1.54) is 0 Å². The quantitative estimate of drug-likeness (QED) is 0.778. The third kappa shape index (κ3) is 3.34. The van der Waals surface area contributed by atoms with Crippen LogP contribution in [0.1, 0.15) is 17.5 Å². The second kappa shape index (κ2) is 6.88. The Morgan fingerprint density at radius 2 is 2.23 bits per heavy atom. The molecule has 0 radical (unpaired) electrons. The second-order valence-corrected chi connectivity index (χ2v) is 2.16. The van der Waals surface area contributed by atoms with E-state index in [1.807, 2.05) is 6.92 Å². The SMILES string of the molecule is CCn1ccnc1C(=O)CN.Cl.Cl. The number of nitrogens with two attached hydrogens (primary N) is 1. The molecule has 2 N–H and O–H groups in total. The summed E-state index contributed by atoms with van der Waals surface area (Å²) in [7, 11) is 0. The summed E-state index contributed by atoms with van der Waals surface area (Å²) >= 11 is 0. The molecule has 0 aliphatic heterocycles. The Morgan fingerprint density at radius 3 is 2.69 bits per heavy atom. The van der Waals surface area contributed by atoms with Crippen molar-refractivity contribution in [2.45, 2.75) is 13.5 Å². The predicted molar refractivity (Wildman–Crippen MR) is 55.8 cm³/mol. The molecule has 1 aromatic heterocycles. The zero-order valence-electron chi connectivity index (χ0n) is 7.27. The van der Waals surface area contributed by atoms with Crippen LogP contribution in [0.15, 0.2) is 12.4 Å². The minimum absolute atomic E-state index is 0. The van der Waals surface area contributed by atoms with Crippen LogP contribution in [0.4, 0.5) is 0 Å². The molecule has 76 valence electrons. The van der Waals surface area contributed by atoms with Crippen molar-refractivity contribution >= 4 is 30.6 Å². The fourth-order valence-electron chi connectivity index (χ4n) is 0.908. The summed E-state index contributed by atoms with van der Waals surface area (Å²) in [6, 6.07) is 0. The molecule has 0 saturated carbocycles. The molecular weight excluding hydrogens is 213 g/mol. The number of nitrogens with zero attached hydrogens (tertiary/aromatic N) is 2. The number of ketones is 1. The van der Waals surface area contributed by atoms with Gasteiger partial charge in [-0.25, -0.2) is 4.98 Å². The molecule has 13 heavy (non-hydrogen) atoms. The zero-order valence-corrected chi connectivity index (χ0v) is 8.90. The van der Waals surface area contributed by atoms with Gasteiger partial charge in [0.25, 0.3) is 0 Å². The first-order valence-corrected chi connectivity index (χ1v) is 3.54. The summed E-state index contributed by atoms with van der Waals surface area (Å²) in [5.74, 6) is 0.340. The number of halogens is 2. The highest BCUT2D eigenvalue weighted by Gasteiger charge is 2.08. The van der Waals surface area contributed by atoms with Crippen molar-refractivity contribution in [2.24, 2.45) is 5.73 Å². The molecule has 0 aliphatic carbocycles. The number of hydrogen-bond acceptors (Lipinski definition) is 3. The maximum atomic E-state index is 11.0. The van der Waals surface area contributed by atoms with Crippen molar-refractivity contribution in [1.29, 1.82) is 0 Å². The van der Waals surface area contributed by atoms with Crippen LogP contribution in [0.25, 0.3) is 0 Å². The Balaban J connectivity index is 0. The summed E-state index contributed by atoms with van der Waals surface area (Å²) in [6.45, 7) is 2.73. The van der Waals surface area contributed by atoms with Gasteiger partial charge in [0, 0.05) is 18.9 Å². The van der Waals surface area contributed by atoms with Crippen molar-refractivity contribution in [3.63, 3.8) is 0 Å². The molecule has 0 unspecified atom stereocenters. The molecule has 1 heterocycles. The van der Waals surface area contributed by atoms with Crippen molar-refractivity contribution in [1.82, 2.24) is 9.55 Å². The van der Waals surface area contributed by atoms with Crippen LogP contribution in [-0.2, 0) is 6.54 Å². The molecule has 0 atom stereocenters. The van der Waals surface area contributed by atoms with Crippen LogP contribution < -0.4 is 5.73 Å². The lowest BCUT2D eigenvalue weighted by molar-refractivity contribution is 0.0987. The normalized spacial score (nSPS) is 8.46. The largest absolute Gasteiger partial charge is 0.329 e. The molecule has 1 rings (SSSR count). The minimum Gasteiger partial charge on any atom is -0.329 e. The van der Waals surface area contributed by atoms with Gasteiger partial charge in [0.2, 0.25) is 5.78 Å². The number of aromatic nitrogens is 2. The Morgan fingerprint density at radius 1 is 1.62 bits per heavy atom. The molecule has 0 amide bonds. The number of aryl methyl sites for hydroxylation is 1. The van der Waals surface area contributed by atoms with Crippen LogP contribution in [0.3, 0.4) is 0 Å². The van der Waals surface area contributed by atoms with E-state index in [0.29, 0.717) is 5.82 Å². The van der Waals surface area contributed by atoms with Crippen LogP contribution in [0.5, 0.6) is 0 Å². The summed E-state index contributed by atoms with van der Waals surface area (Å²) in [5.41, 5.74) is 5.18. The zero-order chi connectivity index (χ0) is 8.27. The lowest BCUT2D eigenvalue weighted by Crippen LogP contribution is -2.18.